The Labute approximate surface area is 95.6 Å². The number of nitrogens with one attached hydrogen (secondary N) is 1. The van der Waals surface area contributed by atoms with Crippen LogP contribution in [0.4, 0.5) is 0 Å². The first-order valence-electron chi connectivity index (χ1n) is 5.76. The van der Waals surface area contributed by atoms with E-state index >= 15 is 0 Å². The molecular formula is C12H19NOS. The molecule has 84 valence electrons. The van der Waals surface area contributed by atoms with Crippen LogP contribution in [0.3, 0.4) is 0 Å². The van der Waals surface area contributed by atoms with E-state index in [1.807, 2.05) is 0 Å². The quantitative estimate of drug-likeness (QED) is 0.778. The average Bonchev–Trinajstić information content (AvgIpc) is 2.79. The molecule has 2 rings (SSSR count). The second-order valence-corrected chi connectivity index (χ2v) is 5.15. The van der Waals surface area contributed by atoms with Gasteiger partial charge in [-0.3, -0.25) is 0 Å². The maximum atomic E-state index is 5.67. The Kier molecular flexibility index (Phi) is 4.64. The van der Waals surface area contributed by atoms with E-state index in [-0.39, 0.29) is 0 Å². The number of hydrogen-bond acceptors (Lipinski definition) is 3. The Hall–Kier alpha value is -0.380. The summed E-state index contributed by atoms with van der Waals surface area (Å²) in [6.45, 7) is 4.09. The summed E-state index contributed by atoms with van der Waals surface area (Å²) in [6.07, 6.45) is 3.87. The van der Waals surface area contributed by atoms with Crippen molar-refractivity contribution in [1.29, 1.82) is 0 Å². The summed E-state index contributed by atoms with van der Waals surface area (Å²) in [5.74, 6) is 0.884. The molecule has 0 saturated carbocycles. The van der Waals surface area contributed by atoms with Gasteiger partial charge >= 0.3 is 0 Å². The van der Waals surface area contributed by atoms with Crippen molar-refractivity contribution < 1.29 is 4.74 Å². The smallest absolute Gasteiger partial charge is 0.0809 e. The van der Waals surface area contributed by atoms with Crippen LogP contribution in [-0.2, 0) is 11.3 Å². The van der Waals surface area contributed by atoms with E-state index in [0.717, 1.165) is 19.1 Å². The van der Waals surface area contributed by atoms with Gasteiger partial charge in [-0.25, -0.2) is 0 Å². The van der Waals surface area contributed by atoms with Crippen LogP contribution in [0.2, 0.25) is 0 Å². The monoisotopic (exact) mass is 225 g/mol. The Morgan fingerprint density at radius 3 is 3.00 bits per heavy atom. The third-order valence-electron chi connectivity index (χ3n) is 2.95. The van der Waals surface area contributed by atoms with Gasteiger partial charge in [0.1, 0.15) is 0 Å². The first-order chi connectivity index (χ1) is 7.45. The average molecular weight is 225 g/mol. The molecule has 1 N–H and O–H groups in total. The lowest BCUT2D eigenvalue weighted by atomic mass is 9.95. The number of hydrogen-bond donors (Lipinski definition) is 1. The minimum atomic E-state index is 0.794. The van der Waals surface area contributed by atoms with Crippen molar-refractivity contribution in [2.24, 2.45) is 5.92 Å². The normalized spacial score (nSPS) is 18.1. The Bertz CT molecular complexity index is 255. The molecule has 1 fully saturated rings. The van der Waals surface area contributed by atoms with Gasteiger partial charge in [-0.05, 0) is 49.7 Å². The van der Waals surface area contributed by atoms with E-state index in [9.17, 15) is 0 Å². The molecule has 1 aliphatic heterocycles. The molecule has 0 spiro atoms. The third-order valence-corrected chi connectivity index (χ3v) is 3.80. The van der Waals surface area contributed by atoms with Crippen molar-refractivity contribution >= 4 is 11.3 Å². The number of ether oxygens (including phenoxy) is 1. The topological polar surface area (TPSA) is 21.3 Å². The summed E-state index contributed by atoms with van der Waals surface area (Å²) < 4.78 is 5.67. The highest BCUT2D eigenvalue weighted by Gasteiger charge is 2.12. The van der Waals surface area contributed by atoms with E-state index in [2.05, 4.69) is 22.8 Å². The Balaban J connectivity index is 1.54. The van der Waals surface area contributed by atoms with Crippen molar-refractivity contribution in [3.05, 3.63) is 22.4 Å². The van der Waals surface area contributed by atoms with Crippen molar-refractivity contribution in [2.45, 2.75) is 25.9 Å². The van der Waals surface area contributed by atoms with E-state index in [1.165, 1.54) is 37.2 Å². The van der Waals surface area contributed by atoms with Gasteiger partial charge in [0.05, 0.1) is 6.61 Å². The lowest BCUT2D eigenvalue weighted by Crippen LogP contribution is -2.28. The van der Waals surface area contributed by atoms with Gasteiger partial charge in [0.2, 0.25) is 0 Å². The molecule has 0 bridgehead atoms. The van der Waals surface area contributed by atoms with Crippen molar-refractivity contribution in [3.8, 4) is 0 Å². The van der Waals surface area contributed by atoms with Gasteiger partial charge in [0.25, 0.3) is 0 Å². The van der Waals surface area contributed by atoms with Crippen LogP contribution in [0.5, 0.6) is 0 Å². The lowest BCUT2D eigenvalue weighted by Gasteiger charge is -2.22. The zero-order valence-corrected chi connectivity index (χ0v) is 9.89. The van der Waals surface area contributed by atoms with Crippen molar-refractivity contribution in [3.63, 3.8) is 0 Å². The number of thiophene rings is 1. The van der Waals surface area contributed by atoms with Gasteiger partial charge in [0, 0.05) is 11.5 Å². The van der Waals surface area contributed by atoms with Crippen LogP contribution >= 0.6 is 11.3 Å². The number of rotatable bonds is 5. The molecule has 0 aliphatic carbocycles. The van der Waals surface area contributed by atoms with Gasteiger partial charge in [-0.2, -0.15) is 0 Å². The van der Waals surface area contributed by atoms with Crippen LogP contribution in [0.1, 0.15) is 24.1 Å². The maximum absolute atomic E-state index is 5.67. The summed E-state index contributed by atoms with van der Waals surface area (Å²) in [4.78, 5) is 1.33. The highest BCUT2D eigenvalue weighted by atomic mass is 32.1. The molecule has 3 heteroatoms. The zero-order valence-electron chi connectivity index (χ0n) is 9.08. The fourth-order valence-corrected chi connectivity index (χ4v) is 2.63. The molecule has 2 nitrogen and oxygen atoms in total. The van der Waals surface area contributed by atoms with Crippen LogP contribution in [0, 0.1) is 5.92 Å². The molecular weight excluding hydrogens is 206 g/mol. The summed E-state index contributed by atoms with van der Waals surface area (Å²) >= 11 is 1.77. The zero-order chi connectivity index (χ0) is 10.3. The highest BCUT2D eigenvalue weighted by Crippen LogP contribution is 2.16. The van der Waals surface area contributed by atoms with E-state index < -0.39 is 0 Å². The van der Waals surface area contributed by atoms with Crippen LogP contribution < -0.4 is 5.32 Å². The first-order valence-corrected chi connectivity index (χ1v) is 6.64. The SMILES string of the molecule is c1csc(COCCC2CCNCC2)c1. The molecule has 0 amide bonds. The standard InChI is InChI=1S/C12H19NOS/c1-2-12(15-9-1)10-14-8-5-11-3-6-13-7-4-11/h1-2,9,11,13H,3-8,10H2. The first kappa shape index (κ1) is 11.1. The largest absolute Gasteiger partial charge is 0.376 e. The summed E-state index contributed by atoms with van der Waals surface area (Å²) in [6, 6.07) is 4.21. The van der Waals surface area contributed by atoms with Gasteiger partial charge in [-0.1, -0.05) is 6.07 Å². The molecule has 1 saturated heterocycles. The van der Waals surface area contributed by atoms with Crippen LogP contribution in [0.25, 0.3) is 0 Å². The molecule has 1 aromatic rings. The lowest BCUT2D eigenvalue weighted by molar-refractivity contribution is 0.104. The summed E-state index contributed by atoms with van der Waals surface area (Å²) in [5, 5.41) is 5.49. The number of piperidine rings is 1. The predicted molar refractivity (Wildman–Crippen MR) is 64.2 cm³/mol. The fraction of sp³-hybridized carbons (Fsp3) is 0.667. The Morgan fingerprint density at radius 2 is 2.27 bits per heavy atom. The molecule has 0 atom stereocenters. The van der Waals surface area contributed by atoms with Crippen LogP contribution in [-0.4, -0.2) is 19.7 Å². The van der Waals surface area contributed by atoms with Gasteiger partial charge in [0.15, 0.2) is 0 Å². The van der Waals surface area contributed by atoms with Crippen molar-refractivity contribution in [1.82, 2.24) is 5.32 Å². The molecule has 0 radical (unpaired) electrons. The molecule has 2 heterocycles. The summed E-state index contributed by atoms with van der Waals surface area (Å²) in [5.41, 5.74) is 0. The molecule has 15 heavy (non-hydrogen) atoms. The predicted octanol–water partition coefficient (Wildman–Crippen LogP) is 2.65. The second-order valence-electron chi connectivity index (χ2n) is 4.11. The molecule has 0 unspecified atom stereocenters. The second kappa shape index (κ2) is 6.26. The molecule has 0 aromatic carbocycles. The van der Waals surface area contributed by atoms with Crippen LogP contribution in [0.15, 0.2) is 17.5 Å². The van der Waals surface area contributed by atoms with Gasteiger partial charge < -0.3 is 10.1 Å². The molecule has 1 aromatic heterocycles. The van der Waals surface area contributed by atoms with E-state index in [1.54, 1.807) is 11.3 Å². The minimum absolute atomic E-state index is 0.794. The van der Waals surface area contributed by atoms with Crippen molar-refractivity contribution in [2.75, 3.05) is 19.7 Å². The Morgan fingerprint density at radius 1 is 1.40 bits per heavy atom. The maximum Gasteiger partial charge on any atom is 0.0809 e. The van der Waals surface area contributed by atoms with E-state index in [0.29, 0.717) is 0 Å². The third kappa shape index (κ3) is 3.93. The minimum Gasteiger partial charge on any atom is -0.376 e. The highest BCUT2D eigenvalue weighted by molar-refractivity contribution is 7.09. The van der Waals surface area contributed by atoms with E-state index in [4.69, 9.17) is 4.74 Å². The molecule has 1 aliphatic rings. The summed E-state index contributed by atoms with van der Waals surface area (Å²) in [7, 11) is 0. The fourth-order valence-electron chi connectivity index (χ4n) is 1.99. The van der Waals surface area contributed by atoms with Gasteiger partial charge in [-0.15, -0.1) is 11.3 Å².